The van der Waals surface area contributed by atoms with Crippen molar-refractivity contribution in [2.75, 3.05) is 13.7 Å². The zero-order valence-corrected chi connectivity index (χ0v) is 13.1. The summed E-state index contributed by atoms with van der Waals surface area (Å²) in [6.07, 6.45) is 2.89. The lowest BCUT2D eigenvalue weighted by atomic mass is 9.87. The van der Waals surface area contributed by atoms with Crippen LogP contribution in [0.2, 0.25) is 0 Å². The summed E-state index contributed by atoms with van der Waals surface area (Å²) in [5.74, 6) is 3.07. The summed E-state index contributed by atoms with van der Waals surface area (Å²) in [5, 5.41) is 9.99. The molecular formula is C18H21NO3. The van der Waals surface area contributed by atoms with E-state index >= 15 is 0 Å². The Morgan fingerprint density at radius 2 is 2.23 bits per heavy atom. The van der Waals surface area contributed by atoms with Crippen LogP contribution in [0.5, 0.6) is 11.5 Å². The van der Waals surface area contributed by atoms with Gasteiger partial charge in [-0.25, -0.2) is 0 Å². The molecule has 2 aliphatic rings. The molecule has 4 heteroatoms. The van der Waals surface area contributed by atoms with E-state index < -0.39 is 0 Å². The lowest BCUT2D eigenvalue weighted by molar-refractivity contribution is 0.135. The number of rotatable bonds is 2. The van der Waals surface area contributed by atoms with Gasteiger partial charge in [0.1, 0.15) is 11.5 Å². The summed E-state index contributed by atoms with van der Waals surface area (Å²) in [4.78, 5) is 2.44. The standard InChI is InChI=1S/C18H21NO3/c1-3-13-8-12-6-7-19-10-14-11(9-15(19)17(12)22-13)4-5-16(20)18(14)21-2/h4-5,8,15,20H,3,6-7,9-10H2,1-2H3. The average Bonchev–Trinajstić information content (AvgIpc) is 2.97. The molecule has 1 aromatic carbocycles. The van der Waals surface area contributed by atoms with Gasteiger partial charge in [-0.1, -0.05) is 13.0 Å². The molecule has 1 atom stereocenters. The molecule has 3 heterocycles. The molecule has 0 bridgehead atoms. The van der Waals surface area contributed by atoms with Gasteiger partial charge in [0.25, 0.3) is 0 Å². The minimum Gasteiger partial charge on any atom is -0.504 e. The van der Waals surface area contributed by atoms with Gasteiger partial charge in [0.2, 0.25) is 0 Å². The summed E-state index contributed by atoms with van der Waals surface area (Å²) in [5.41, 5.74) is 3.73. The number of nitrogens with zero attached hydrogens (tertiary/aromatic N) is 1. The number of aromatic hydroxyl groups is 1. The number of fused-ring (bicyclic) bond motifs is 4. The van der Waals surface area contributed by atoms with Gasteiger partial charge in [0.15, 0.2) is 11.5 Å². The molecule has 22 heavy (non-hydrogen) atoms. The summed E-state index contributed by atoms with van der Waals surface area (Å²) in [6, 6.07) is 6.28. The molecule has 4 nitrogen and oxygen atoms in total. The van der Waals surface area contributed by atoms with Crippen molar-refractivity contribution >= 4 is 0 Å². The van der Waals surface area contributed by atoms with Crippen LogP contribution < -0.4 is 4.74 Å². The number of furan rings is 1. The van der Waals surface area contributed by atoms with Crippen molar-refractivity contribution in [3.63, 3.8) is 0 Å². The quantitative estimate of drug-likeness (QED) is 0.925. The highest BCUT2D eigenvalue weighted by Crippen LogP contribution is 2.43. The number of hydrogen-bond acceptors (Lipinski definition) is 4. The summed E-state index contributed by atoms with van der Waals surface area (Å²) >= 11 is 0. The predicted molar refractivity (Wildman–Crippen MR) is 83.3 cm³/mol. The maximum absolute atomic E-state index is 9.99. The molecule has 1 N–H and O–H groups in total. The van der Waals surface area contributed by atoms with E-state index in [-0.39, 0.29) is 5.75 Å². The molecule has 0 spiro atoms. The summed E-state index contributed by atoms with van der Waals surface area (Å²) in [7, 11) is 1.62. The van der Waals surface area contributed by atoms with Crippen LogP contribution in [-0.2, 0) is 25.8 Å². The van der Waals surface area contributed by atoms with Crippen molar-refractivity contribution in [1.82, 2.24) is 4.90 Å². The first kappa shape index (κ1) is 13.7. The Morgan fingerprint density at radius 3 is 3.00 bits per heavy atom. The van der Waals surface area contributed by atoms with E-state index in [9.17, 15) is 5.11 Å². The fourth-order valence-corrected chi connectivity index (χ4v) is 3.81. The smallest absolute Gasteiger partial charge is 0.165 e. The third kappa shape index (κ3) is 1.94. The van der Waals surface area contributed by atoms with Crippen LogP contribution in [0.25, 0.3) is 0 Å². The number of ether oxygens (including phenoxy) is 1. The topological polar surface area (TPSA) is 45.8 Å². The van der Waals surface area contributed by atoms with E-state index in [1.165, 1.54) is 11.1 Å². The van der Waals surface area contributed by atoms with E-state index in [0.717, 1.165) is 49.4 Å². The Kier molecular flexibility index (Phi) is 3.15. The van der Waals surface area contributed by atoms with Gasteiger partial charge < -0.3 is 14.3 Å². The largest absolute Gasteiger partial charge is 0.504 e. The number of methoxy groups -OCH3 is 1. The third-order valence-corrected chi connectivity index (χ3v) is 4.97. The van der Waals surface area contributed by atoms with Crippen LogP contribution in [0.4, 0.5) is 0 Å². The molecule has 116 valence electrons. The number of phenols is 1. The molecule has 0 saturated heterocycles. The van der Waals surface area contributed by atoms with Gasteiger partial charge in [-0.2, -0.15) is 0 Å². The Bertz CT molecular complexity index is 719. The van der Waals surface area contributed by atoms with Crippen molar-refractivity contribution in [3.05, 3.63) is 46.4 Å². The molecule has 4 rings (SSSR count). The third-order valence-electron chi connectivity index (χ3n) is 4.97. The number of aryl methyl sites for hydroxylation is 1. The Labute approximate surface area is 130 Å². The van der Waals surface area contributed by atoms with Crippen LogP contribution in [0.15, 0.2) is 22.6 Å². The van der Waals surface area contributed by atoms with Gasteiger partial charge in [-0.15, -0.1) is 0 Å². The molecule has 2 aromatic rings. The van der Waals surface area contributed by atoms with Crippen LogP contribution in [0.3, 0.4) is 0 Å². The van der Waals surface area contributed by atoms with Crippen molar-refractivity contribution in [2.45, 2.75) is 38.8 Å². The second-order valence-corrected chi connectivity index (χ2v) is 6.15. The minimum absolute atomic E-state index is 0.226. The maximum Gasteiger partial charge on any atom is 0.165 e. The SMILES string of the molecule is CCc1cc2c(o1)C1Cc3ccc(O)c(OC)c3CN1CC2. The van der Waals surface area contributed by atoms with E-state index in [1.807, 2.05) is 6.07 Å². The van der Waals surface area contributed by atoms with Crippen molar-refractivity contribution in [1.29, 1.82) is 0 Å². The van der Waals surface area contributed by atoms with Crippen LogP contribution in [0.1, 0.15) is 41.2 Å². The monoisotopic (exact) mass is 299 g/mol. The van der Waals surface area contributed by atoms with Crippen LogP contribution in [0, 0.1) is 0 Å². The maximum atomic E-state index is 9.99. The van der Waals surface area contributed by atoms with Crippen LogP contribution >= 0.6 is 0 Å². The highest BCUT2D eigenvalue weighted by Gasteiger charge is 2.36. The van der Waals surface area contributed by atoms with Gasteiger partial charge in [-0.3, -0.25) is 4.90 Å². The van der Waals surface area contributed by atoms with E-state index in [1.54, 1.807) is 13.2 Å². The lowest BCUT2D eigenvalue weighted by Crippen LogP contribution is -2.39. The van der Waals surface area contributed by atoms with Gasteiger partial charge in [-0.05, 0) is 36.1 Å². The molecule has 0 amide bonds. The first-order valence-electron chi connectivity index (χ1n) is 7.94. The Hall–Kier alpha value is -1.94. The highest BCUT2D eigenvalue weighted by molar-refractivity contribution is 5.51. The molecule has 2 aliphatic heterocycles. The number of benzene rings is 1. The minimum atomic E-state index is 0.226. The second-order valence-electron chi connectivity index (χ2n) is 6.15. The van der Waals surface area contributed by atoms with Crippen molar-refractivity contribution in [3.8, 4) is 11.5 Å². The fraction of sp³-hybridized carbons (Fsp3) is 0.444. The molecule has 0 radical (unpaired) electrons. The lowest BCUT2D eigenvalue weighted by Gasteiger charge is -2.39. The number of hydrogen-bond donors (Lipinski definition) is 1. The molecular weight excluding hydrogens is 278 g/mol. The molecule has 1 aromatic heterocycles. The first-order valence-corrected chi connectivity index (χ1v) is 7.94. The molecule has 0 aliphatic carbocycles. The van der Waals surface area contributed by atoms with Gasteiger partial charge in [0, 0.05) is 25.1 Å². The van der Waals surface area contributed by atoms with E-state index in [4.69, 9.17) is 9.15 Å². The predicted octanol–water partition coefficient (Wildman–Crippen LogP) is 3.21. The molecule has 1 unspecified atom stereocenters. The average molecular weight is 299 g/mol. The normalized spacial score (nSPS) is 20.2. The fourth-order valence-electron chi connectivity index (χ4n) is 3.81. The molecule has 0 saturated carbocycles. The second kappa shape index (κ2) is 5.06. The Morgan fingerprint density at radius 1 is 1.36 bits per heavy atom. The Balaban J connectivity index is 1.76. The molecule has 0 fully saturated rings. The summed E-state index contributed by atoms with van der Waals surface area (Å²) < 4.78 is 11.5. The van der Waals surface area contributed by atoms with E-state index in [2.05, 4.69) is 17.9 Å². The van der Waals surface area contributed by atoms with Crippen molar-refractivity contribution in [2.24, 2.45) is 0 Å². The number of phenolic OH excluding ortho intramolecular Hbond substituents is 1. The first-order chi connectivity index (χ1) is 10.7. The van der Waals surface area contributed by atoms with Gasteiger partial charge in [0.05, 0.1) is 13.2 Å². The summed E-state index contributed by atoms with van der Waals surface area (Å²) in [6.45, 7) is 3.96. The van der Waals surface area contributed by atoms with Crippen molar-refractivity contribution < 1.29 is 14.3 Å². The zero-order valence-electron chi connectivity index (χ0n) is 13.1. The van der Waals surface area contributed by atoms with E-state index in [0.29, 0.717) is 11.8 Å². The highest BCUT2D eigenvalue weighted by atomic mass is 16.5. The zero-order chi connectivity index (χ0) is 15.3. The van der Waals surface area contributed by atoms with Gasteiger partial charge >= 0.3 is 0 Å². The van der Waals surface area contributed by atoms with Crippen LogP contribution in [-0.4, -0.2) is 23.7 Å².